The first-order valence-electron chi connectivity index (χ1n) is 8.15. The number of carbonyl (C=O) groups excluding carboxylic acids is 1. The first-order chi connectivity index (χ1) is 12.1. The van der Waals surface area contributed by atoms with Gasteiger partial charge in [0, 0.05) is 10.9 Å². The summed E-state index contributed by atoms with van der Waals surface area (Å²) in [5.74, 6) is 0.916. The first kappa shape index (κ1) is 17.2. The number of nitrogens with zero attached hydrogens (tertiary/aromatic N) is 1. The SMILES string of the molecule is CC(C)c1csc(NC(=O)c2ccc(OCc3ccccc3)cc2)n1. The van der Waals surface area contributed by atoms with Gasteiger partial charge < -0.3 is 4.74 Å². The second-order valence-corrected chi connectivity index (χ2v) is 6.84. The maximum Gasteiger partial charge on any atom is 0.257 e. The van der Waals surface area contributed by atoms with Crippen molar-refractivity contribution < 1.29 is 9.53 Å². The number of ether oxygens (including phenoxy) is 1. The summed E-state index contributed by atoms with van der Waals surface area (Å²) >= 11 is 1.44. The Hall–Kier alpha value is -2.66. The molecule has 5 heteroatoms. The van der Waals surface area contributed by atoms with Crippen LogP contribution in [0.3, 0.4) is 0 Å². The number of rotatable bonds is 6. The highest BCUT2D eigenvalue weighted by atomic mass is 32.1. The zero-order chi connectivity index (χ0) is 17.6. The molecule has 0 saturated carbocycles. The van der Waals surface area contributed by atoms with Crippen LogP contribution >= 0.6 is 11.3 Å². The Morgan fingerprint density at radius 3 is 2.48 bits per heavy atom. The second-order valence-electron chi connectivity index (χ2n) is 5.98. The molecule has 3 rings (SSSR count). The summed E-state index contributed by atoms with van der Waals surface area (Å²) in [7, 11) is 0. The van der Waals surface area contributed by atoms with Gasteiger partial charge in [-0.2, -0.15) is 0 Å². The van der Waals surface area contributed by atoms with Gasteiger partial charge in [0.25, 0.3) is 5.91 Å². The van der Waals surface area contributed by atoms with Crippen LogP contribution in [0.1, 0.15) is 41.4 Å². The van der Waals surface area contributed by atoms with Crippen LogP contribution in [0.5, 0.6) is 5.75 Å². The third-order valence-corrected chi connectivity index (χ3v) is 4.47. The number of amides is 1. The van der Waals surface area contributed by atoms with Gasteiger partial charge in [-0.05, 0) is 35.7 Å². The van der Waals surface area contributed by atoms with E-state index >= 15 is 0 Å². The number of aromatic nitrogens is 1. The predicted molar refractivity (Wildman–Crippen MR) is 101 cm³/mol. The summed E-state index contributed by atoms with van der Waals surface area (Å²) in [6.45, 7) is 4.66. The van der Waals surface area contributed by atoms with Gasteiger partial charge in [-0.25, -0.2) is 4.98 Å². The minimum absolute atomic E-state index is 0.167. The third-order valence-electron chi connectivity index (χ3n) is 3.70. The van der Waals surface area contributed by atoms with Crippen LogP contribution < -0.4 is 10.1 Å². The van der Waals surface area contributed by atoms with Crippen molar-refractivity contribution in [1.82, 2.24) is 4.98 Å². The Morgan fingerprint density at radius 2 is 1.84 bits per heavy atom. The van der Waals surface area contributed by atoms with Crippen molar-refractivity contribution in [2.45, 2.75) is 26.4 Å². The first-order valence-corrected chi connectivity index (χ1v) is 9.03. The summed E-state index contributed by atoms with van der Waals surface area (Å²) in [6.07, 6.45) is 0. The fourth-order valence-electron chi connectivity index (χ4n) is 2.22. The maximum absolute atomic E-state index is 12.3. The maximum atomic E-state index is 12.3. The van der Waals surface area contributed by atoms with E-state index in [1.165, 1.54) is 11.3 Å². The van der Waals surface area contributed by atoms with E-state index in [-0.39, 0.29) is 5.91 Å². The van der Waals surface area contributed by atoms with E-state index in [4.69, 9.17) is 4.74 Å². The Bertz CT molecular complexity index is 826. The molecule has 0 aliphatic carbocycles. The molecule has 4 nitrogen and oxygen atoms in total. The number of carbonyl (C=O) groups is 1. The molecular formula is C20H20N2O2S. The van der Waals surface area contributed by atoms with Gasteiger partial charge in [0.15, 0.2) is 5.13 Å². The van der Waals surface area contributed by atoms with E-state index in [1.807, 2.05) is 35.7 Å². The molecule has 0 fully saturated rings. The largest absolute Gasteiger partial charge is 0.489 e. The quantitative estimate of drug-likeness (QED) is 0.671. The van der Waals surface area contributed by atoms with Gasteiger partial charge in [0.05, 0.1) is 5.69 Å². The van der Waals surface area contributed by atoms with Crippen LogP contribution in [0, 0.1) is 0 Å². The fourth-order valence-corrected chi connectivity index (χ4v) is 3.09. The molecule has 0 saturated heterocycles. The highest BCUT2D eigenvalue weighted by Gasteiger charge is 2.10. The van der Waals surface area contributed by atoms with Crippen molar-refractivity contribution in [3.8, 4) is 5.75 Å². The number of hydrogen-bond acceptors (Lipinski definition) is 4. The lowest BCUT2D eigenvalue weighted by Crippen LogP contribution is -2.11. The fraction of sp³-hybridized carbons (Fsp3) is 0.200. The number of thiazole rings is 1. The molecule has 0 bridgehead atoms. The van der Waals surface area contributed by atoms with Crippen molar-refractivity contribution in [2.75, 3.05) is 5.32 Å². The Kier molecular flexibility index (Phi) is 5.46. The molecule has 1 aromatic heterocycles. The molecule has 0 spiro atoms. The van der Waals surface area contributed by atoms with E-state index in [0.717, 1.165) is 17.0 Å². The van der Waals surface area contributed by atoms with Crippen LogP contribution in [0.25, 0.3) is 0 Å². The lowest BCUT2D eigenvalue weighted by Gasteiger charge is -2.07. The van der Waals surface area contributed by atoms with Gasteiger partial charge in [-0.3, -0.25) is 10.1 Å². The average Bonchev–Trinajstić information content (AvgIpc) is 3.10. The Labute approximate surface area is 151 Å². The molecule has 0 radical (unpaired) electrons. The summed E-state index contributed by atoms with van der Waals surface area (Å²) in [5, 5.41) is 5.43. The topological polar surface area (TPSA) is 51.2 Å². The van der Waals surface area contributed by atoms with Crippen molar-refractivity contribution >= 4 is 22.4 Å². The third kappa shape index (κ3) is 4.67. The van der Waals surface area contributed by atoms with E-state index in [1.54, 1.807) is 24.3 Å². The van der Waals surface area contributed by atoms with Crippen molar-refractivity contribution in [3.05, 3.63) is 76.8 Å². The van der Waals surface area contributed by atoms with Crippen molar-refractivity contribution in [1.29, 1.82) is 0 Å². The van der Waals surface area contributed by atoms with Crippen LogP contribution in [0.4, 0.5) is 5.13 Å². The van der Waals surface area contributed by atoms with E-state index < -0.39 is 0 Å². The standard InChI is InChI=1S/C20H20N2O2S/c1-14(2)18-13-25-20(21-18)22-19(23)16-8-10-17(11-9-16)24-12-15-6-4-3-5-7-15/h3-11,13-14H,12H2,1-2H3,(H,21,22,23). The van der Waals surface area contributed by atoms with Crippen molar-refractivity contribution in [3.63, 3.8) is 0 Å². The lowest BCUT2D eigenvalue weighted by molar-refractivity contribution is 0.102. The molecule has 0 atom stereocenters. The lowest BCUT2D eigenvalue weighted by atomic mass is 10.2. The van der Waals surface area contributed by atoms with Gasteiger partial charge in [-0.1, -0.05) is 44.2 Å². The summed E-state index contributed by atoms with van der Waals surface area (Å²) in [5.41, 5.74) is 2.67. The van der Waals surface area contributed by atoms with E-state index in [0.29, 0.717) is 23.2 Å². The summed E-state index contributed by atoms with van der Waals surface area (Å²) < 4.78 is 5.73. The minimum atomic E-state index is -0.167. The van der Waals surface area contributed by atoms with Gasteiger partial charge in [-0.15, -0.1) is 11.3 Å². The average molecular weight is 352 g/mol. The molecule has 2 aromatic carbocycles. The monoisotopic (exact) mass is 352 g/mol. The highest BCUT2D eigenvalue weighted by molar-refractivity contribution is 7.14. The van der Waals surface area contributed by atoms with Gasteiger partial charge in [0.2, 0.25) is 0 Å². The Balaban J connectivity index is 1.58. The molecule has 128 valence electrons. The molecule has 0 aliphatic heterocycles. The van der Waals surface area contributed by atoms with Crippen LogP contribution in [-0.4, -0.2) is 10.9 Å². The van der Waals surface area contributed by atoms with Gasteiger partial charge >= 0.3 is 0 Å². The number of anilines is 1. The molecule has 0 aliphatic rings. The molecule has 1 N–H and O–H groups in total. The predicted octanol–water partition coefficient (Wildman–Crippen LogP) is 5.10. The Morgan fingerprint density at radius 1 is 1.12 bits per heavy atom. The molecule has 0 unspecified atom stereocenters. The molecule has 25 heavy (non-hydrogen) atoms. The molecule has 1 heterocycles. The molecular weight excluding hydrogens is 332 g/mol. The summed E-state index contributed by atoms with van der Waals surface area (Å²) in [6, 6.07) is 17.1. The van der Waals surface area contributed by atoms with Crippen LogP contribution in [-0.2, 0) is 6.61 Å². The van der Waals surface area contributed by atoms with E-state index in [9.17, 15) is 4.79 Å². The minimum Gasteiger partial charge on any atom is -0.489 e. The smallest absolute Gasteiger partial charge is 0.257 e. The highest BCUT2D eigenvalue weighted by Crippen LogP contribution is 2.22. The number of hydrogen-bond donors (Lipinski definition) is 1. The second kappa shape index (κ2) is 7.94. The molecule has 3 aromatic rings. The number of nitrogens with one attached hydrogen (secondary N) is 1. The molecule has 1 amide bonds. The van der Waals surface area contributed by atoms with Gasteiger partial charge in [0.1, 0.15) is 12.4 Å². The van der Waals surface area contributed by atoms with Crippen LogP contribution in [0.2, 0.25) is 0 Å². The normalized spacial score (nSPS) is 10.7. The van der Waals surface area contributed by atoms with E-state index in [2.05, 4.69) is 24.1 Å². The number of benzene rings is 2. The van der Waals surface area contributed by atoms with Crippen molar-refractivity contribution in [2.24, 2.45) is 0 Å². The zero-order valence-electron chi connectivity index (χ0n) is 14.2. The zero-order valence-corrected chi connectivity index (χ0v) is 15.0. The van der Waals surface area contributed by atoms with Crippen LogP contribution in [0.15, 0.2) is 60.0 Å². The summed E-state index contributed by atoms with van der Waals surface area (Å²) in [4.78, 5) is 16.7.